The van der Waals surface area contributed by atoms with Gasteiger partial charge >= 0.3 is 0 Å². The minimum atomic E-state index is 0.0614. The number of rotatable bonds is 4. The van der Waals surface area contributed by atoms with Crippen molar-refractivity contribution >= 4 is 44.1 Å². The summed E-state index contributed by atoms with van der Waals surface area (Å²) in [5, 5.41) is 4.06. The fourth-order valence-corrected chi connectivity index (χ4v) is 7.21. The van der Waals surface area contributed by atoms with Crippen LogP contribution >= 0.6 is 23.1 Å². The van der Waals surface area contributed by atoms with Gasteiger partial charge in [0, 0.05) is 12.2 Å². The number of likely N-dealkylation sites (N-methyl/N-ethyl adjacent to an activating group) is 1. The van der Waals surface area contributed by atoms with Crippen molar-refractivity contribution in [1.29, 1.82) is 0 Å². The number of thioether (sulfide) groups is 1. The first-order valence-electron chi connectivity index (χ1n) is 11.6. The van der Waals surface area contributed by atoms with E-state index in [1.165, 1.54) is 37.2 Å². The highest BCUT2D eigenvalue weighted by molar-refractivity contribution is 7.98. The number of fused-ring (bicyclic) bond motifs is 4. The van der Waals surface area contributed by atoms with Gasteiger partial charge in [-0.3, -0.25) is 9.36 Å². The summed E-state index contributed by atoms with van der Waals surface area (Å²) in [5.41, 5.74) is 4.59. The van der Waals surface area contributed by atoms with Crippen LogP contribution in [0.15, 0.2) is 76.7 Å². The van der Waals surface area contributed by atoms with Gasteiger partial charge in [0.15, 0.2) is 5.16 Å². The number of quaternary nitrogens is 1. The van der Waals surface area contributed by atoms with Crippen molar-refractivity contribution in [3.63, 3.8) is 0 Å². The Morgan fingerprint density at radius 2 is 1.85 bits per heavy atom. The first-order valence-corrected chi connectivity index (χ1v) is 13.4. The zero-order valence-corrected chi connectivity index (χ0v) is 20.9. The van der Waals surface area contributed by atoms with Crippen LogP contribution in [0, 0.1) is 6.92 Å². The highest BCUT2D eigenvalue weighted by Gasteiger charge is 2.26. The molecule has 2 aromatic heterocycles. The largest absolute Gasteiger partial charge is 0.333 e. The van der Waals surface area contributed by atoms with Gasteiger partial charge in [0.1, 0.15) is 11.4 Å². The molecule has 5 aromatic rings. The van der Waals surface area contributed by atoms with Crippen LogP contribution in [0.2, 0.25) is 0 Å². The average molecular weight is 485 g/mol. The number of nitrogens with zero attached hydrogens (tertiary/aromatic N) is 2. The summed E-state index contributed by atoms with van der Waals surface area (Å²) in [6.45, 7) is 4.09. The van der Waals surface area contributed by atoms with E-state index in [1.54, 1.807) is 23.1 Å². The molecule has 3 aromatic carbocycles. The zero-order chi connectivity index (χ0) is 23.2. The van der Waals surface area contributed by atoms with Crippen LogP contribution in [0.4, 0.5) is 0 Å². The van der Waals surface area contributed by atoms with Crippen molar-refractivity contribution < 1.29 is 4.90 Å². The van der Waals surface area contributed by atoms with E-state index in [0.717, 1.165) is 46.3 Å². The summed E-state index contributed by atoms with van der Waals surface area (Å²) in [6.07, 6.45) is 0.939. The molecule has 0 fully saturated rings. The van der Waals surface area contributed by atoms with Crippen LogP contribution in [0.3, 0.4) is 0 Å². The van der Waals surface area contributed by atoms with Crippen molar-refractivity contribution in [2.75, 3.05) is 13.6 Å². The number of aryl methyl sites for hydroxylation is 1. The molecule has 6 heteroatoms. The van der Waals surface area contributed by atoms with Gasteiger partial charge in [-0.15, -0.1) is 11.3 Å². The molecule has 0 saturated carbocycles. The molecule has 0 spiro atoms. The topological polar surface area (TPSA) is 39.3 Å². The van der Waals surface area contributed by atoms with Gasteiger partial charge in [0.25, 0.3) is 5.56 Å². The normalized spacial score (nSPS) is 15.6. The number of benzene rings is 3. The van der Waals surface area contributed by atoms with E-state index in [0.29, 0.717) is 0 Å². The predicted molar refractivity (Wildman–Crippen MR) is 143 cm³/mol. The lowest BCUT2D eigenvalue weighted by Crippen LogP contribution is -3.08. The third-order valence-electron chi connectivity index (χ3n) is 6.67. The Hall–Kier alpha value is -2.93. The van der Waals surface area contributed by atoms with E-state index >= 15 is 0 Å². The van der Waals surface area contributed by atoms with Gasteiger partial charge < -0.3 is 4.90 Å². The highest BCUT2D eigenvalue weighted by Crippen LogP contribution is 2.33. The second-order valence-electron chi connectivity index (χ2n) is 9.12. The second-order valence-corrected chi connectivity index (χ2v) is 11.1. The summed E-state index contributed by atoms with van der Waals surface area (Å²) in [7, 11) is 2.22. The van der Waals surface area contributed by atoms with Gasteiger partial charge in [-0.1, -0.05) is 71.9 Å². The quantitative estimate of drug-likeness (QED) is 0.295. The Kier molecular flexibility index (Phi) is 5.52. The summed E-state index contributed by atoms with van der Waals surface area (Å²) in [5.74, 6) is 0.753. The molecule has 1 N–H and O–H groups in total. The van der Waals surface area contributed by atoms with Crippen molar-refractivity contribution in [2.24, 2.45) is 0 Å². The molecular weight excluding hydrogens is 458 g/mol. The lowest BCUT2D eigenvalue weighted by molar-refractivity contribution is -0.895. The third kappa shape index (κ3) is 3.76. The first kappa shape index (κ1) is 21.6. The molecule has 1 aliphatic heterocycles. The molecule has 0 saturated heterocycles. The minimum absolute atomic E-state index is 0.0614. The Labute approximate surface area is 206 Å². The molecule has 1 unspecified atom stereocenters. The number of thiophene rings is 1. The number of aromatic nitrogens is 2. The monoisotopic (exact) mass is 484 g/mol. The maximum atomic E-state index is 14.0. The van der Waals surface area contributed by atoms with Gasteiger partial charge in [-0.2, -0.15) is 0 Å². The lowest BCUT2D eigenvalue weighted by atomic mass is 10.1. The maximum Gasteiger partial charge on any atom is 0.267 e. The third-order valence-corrected chi connectivity index (χ3v) is 8.78. The zero-order valence-electron chi connectivity index (χ0n) is 19.3. The number of hydrogen-bond donors (Lipinski definition) is 1. The van der Waals surface area contributed by atoms with Gasteiger partial charge in [-0.25, -0.2) is 4.98 Å². The van der Waals surface area contributed by atoms with E-state index in [2.05, 4.69) is 68.6 Å². The van der Waals surface area contributed by atoms with Gasteiger partial charge in [-0.05, 0) is 41.0 Å². The second kappa shape index (κ2) is 8.69. The molecule has 0 radical (unpaired) electrons. The minimum Gasteiger partial charge on any atom is -0.333 e. The SMILES string of the molecule is Cc1ccc(-n2c(SCc3cccc4ccccc34)nc3sc4c(c3c2=O)CC[NH+](C)C4)cc1. The maximum absolute atomic E-state index is 14.0. The number of hydrogen-bond acceptors (Lipinski definition) is 4. The average Bonchev–Trinajstić information content (AvgIpc) is 3.21. The molecule has 3 heterocycles. The fourth-order valence-electron chi connectivity index (χ4n) is 4.82. The fraction of sp³-hybridized carbons (Fsp3) is 0.214. The van der Waals surface area contributed by atoms with Crippen molar-refractivity contribution in [1.82, 2.24) is 9.55 Å². The highest BCUT2D eigenvalue weighted by atomic mass is 32.2. The van der Waals surface area contributed by atoms with Gasteiger partial charge in [0.2, 0.25) is 0 Å². The standard InChI is InChI=1S/C28H25N3OS2/c1-18-10-12-21(13-11-18)31-27(32)25-23-14-15-30(2)16-24(23)34-26(25)29-28(31)33-17-20-8-5-7-19-6-3-4-9-22(19)20/h3-13H,14-17H2,1-2H3/p+1. The Morgan fingerprint density at radius 1 is 1.06 bits per heavy atom. The van der Waals surface area contributed by atoms with E-state index in [-0.39, 0.29) is 5.56 Å². The molecule has 34 heavy (non-hydrogen) atoms. The molecule has 0 aliphatic carbocycles. The Balaban J connectivity index is 1.50. The van der Waals surface area contributed by atoms with E-state index < -0.39 is 0 Å². The molecule has 1 atom stereocenters. The smallest absolute Gasteiger partial charge is 0.267 e. The molecule has 6 rings (SSSR count). The van der Waals surface area contributed by atoms with E-state index in [9.17, 15) is 4.79 Å². The predicted octanol–water partition coefficient (Wildman–Crippen LogP) is 4.77. The summed E-state index contributed by atoms with van der Waals surface area (Å²) in [4.78, 5) is 22.8. The van der Waals surface area contributed by atoms with Crippen LogP contribution in [0.25, 0.3) is 26.7 Å². The van der Waals surface area contributed by atoms with E-state index in [4.69, 9.17) is 4.98 Å². The number of nitrogens with one attached hydrogen (secondary N) is 1. The van der Waals surface area contributed by atoms with Crippen LogP contribution < -0.4 is 10.5 Å². The van der Waals surface area contributed by atoms with Crippen molar-refractivity contribution in [3.8, 4) is 5.69 Å². The molecule has 170 valence electrons. The molecule has 0 bridgehead atoms. The Morgan fingerprint density at radius 3 is 2.71 bits per heavy atom. The first-order chi connectivity index (χ1) is 16.6. The van der Waals surface area contributed by atoms with E-state index in [1.807, 2.05) is 16.7 Å². The Bertz CT molecular complexity index is 1580. The molecule has 1 aliphatic rings. The van der Waals surface area contributed by atoms with Crippen molar-refractivity contribution in [3.05, 3.63) is 98.7 Å². The molecular formula is C28H26N3OS2+. The molecule has 0 amide bonds. The van der Waals surface area contributed by atoms with Crippen LogP contribution in [0.1, 0.15) is 21.6 Å². The van der Waals surface area contributed by atoms with Crippen LogP contribution in [-0.2, 0) is 18.7 Å². The summed E-state index contributed by atoms with van der Waals surface area (Å²) >= 11 is 3.35. The van der Waals surface area contributed by atoms with Crippen LogP contribution in [-0.4, -0.2) is 23.1 Å². The summed E-state index contributed by atoms with van der Waals surface area (Å²) in [6, 6.07) is 23.1. The van der Waals surface area contributed by atoms with Crippen LogP contribution in [0.5, 0.6) is 0 Å². The lowest BCUT2D eigenvalue weighted by Gasteiger charge is -2.19. The van der Waals surface area contributed by atoms with Gasteiger partial charge in [0.05, 0.1) is 29.5 Å². The molecule has 4 nitrogen and oxygen atoms in total. The van der Waals surface area contributed by atoms with Crippen molar-refractivity contribution in [2.45, 2.75) is 30.8 Å². The summed E-state index contributed by atoms with van der Waals surface area (Å²) < 4.78 is 1.83.